The Hall–Kier alpha value is -2.37. The molecular formula is C19H23NO4. The molecule has 0 fully saturated rings. The van der Waals surface area contributed by atoms with E-state index in [9.17, 15) is 9.90 Å². The van der Waals surface area contributed by atoms with Gasteiger partial charge in [0.2, 0.25) is 0 Å². The van der Waals surface area contributed by atoms with Crippen LogP contribution in [0.1, 0.15) is 34.5 Å². The molecule has 0 saturated heterocycles. The fraction of sp³-hybridized carbons (Fsp3) is 0.316. The van der Waals surface area contributed by atoms with Crippen molar-refractivity contribution >= 4 is 5.97 Å². The predicted molar refractivity (Wildman–Crippen MR) is 92.1 cm³/mol. The molecule has 2 rings (SSSR count). The summed E-state index contributed by atoms with van der Waals surface area (Å²) in [6.07, 6.45) is -0.588. The van der Waals surface area contributed by atoms with Crippen molar-refractivity contribution in [3.05, 3.63) is 65.2 Å². The highest BCUT2D eigenvalue weighted by molar-refractivity contribution is 5.89. The molecule has 1 unspecified atom stereocenters. The van der Waals surface area contributed by atoms with E-state index in [2.05, 4.69) is 10.1 Å². The Morgan fingerprint density at radius 1 is 1.12 bits per heavy atom. The van der Waals surface area contributed by atoms with Gasteiger partial charge < -0.3 is 19.9 Å². The molecule has 0 heterocycles. The van der Waals surface area contributed by atoms with Crippen molar-refractivity contribution in [3.8, 4) is 5.75 Å². The topological polar surface area (TPSA) is 67.8 Å². The van der Waals surface area contributed by atoms with E-state index in [1.165, 1.54) is 7.11 Å². The maximum absolute atomic E-state index is 11.4. The van der Waals surface area contributed by atoms with Gasteiger partial charge in [0.05, 0.1) is 25.4 Å². The van der Waals surface area contributed by atoms with Crippen molar-refractivity contribution in [1.82, 2.24) is 5.32 Å². The molecule has 2 aromatic carbocycles. The number of aliphatic hydroxyl groups excluding tert-OH is 1. The first-order chi connectivity index (χ1) is 11.6. The van der Waals surface area contributed by atoms with E-state index in [1.54, 1.807) is 12.1 Å². The molecule has 24 heavy (non-hydrogen) atoms. The van der Waals surface area contributed by atoms with Gasteiger partial charge in [0.15, 0.2) is 0 Å². The van der Waals surface area contributed by atoms with Crippen molar-refractivity contribution in [2.75, 3.05) is 20.3 Å². The minimum atomic E-state index is -0.588. The number of ether oxygens (including phenoxy) is 2. The molecule has 0 aromatic heterocycles. The van der Waals surface area contributed by atoms with E-state index >= 15 is 0 Å². The Labute approximate surface area is 142 Å². The molecule has 2 N–H and O–H groups in total. The zero-order chi connectivity index (χ0) is 17.4. The Morgan fingerprint density at radius 2 is 1.79 bits per heavy atom. The van der Waals surface area contributed by atoms with Gasteiger partial charge in [-0.1, -0.05) is 24.3 Å². The highest BCUT2D eigenvalue weighted by atomic mass is 16.5. The molecule has 0 spiro atoms. The second-order valence-electron chi connectivity index (χ2n) is 5.34. The molecular weight excluding hydrogens is 306 g/mol. The van der Waals surface area contributed by atoms with E-state index < -0.39 is 6.10 Å². The minimum absolute atomic E-state index is 0.347. The van der Waals surface area contributed by atoms with Crippen LogP contribution in [0.15, 0.2) is 48.5 Å². The first-order valence-electron chi connectivity index (χ1n) is 7.92. The number of carbonyl (C=O) groups excluding carboxylic acids is 1. The molecule has 0 aliphatic heterocycles. The number of methoxy groups -OCH3 is 1. The maximum Gasteiger partial charge on any atom is 0.337 e. The number of benzene rings is 2. The van der Waals surface area contributed by atoms with E-state index in [-0.39, 0.29) is 5.97 Å². The Bertz CT molecular complexity index is 637. The Morgan fingerprint density at radius 3 is 2.38 bits per heavy atom. The highest BCUT2D eigenvalue weighted by Gasteiger charge is 2.08. The molecule has 1 atom stereocenters. The molecule has 0 amide bonds. The number of aliphatic hydroxyl groups is 1. The SMILES string of the molecule is CCOc1ccc(C(O)CNCc2ccc(C(=O)OC)cc2)cc1. The van der Waals surface area contributed by atoms with Crippen LogP contribution in [0.2, 0.25) is 0 Å². The molecule has 2 aromatic rings. The summed E-state index contributed by atoms with van der Waals surface area (Å²) < 4.78 is 10.0. The predicted octanol–water partition coefficient (Wildman–Crippen LogP) is 2.70. The fourth-order valence-corrected chi connectivity index (χ4v) is 2.30. The fourth-order valence-electron chi connectivity index (χ4n) is 2.30. The lowest BCUT2D eigenvalue weighted by molar-refractivity contribution is 0.0600. The molecule has 128 valence electrons. The summed E-state index contributed by atoms with van der Waals surface area (Å²) in [5.41, 5.74) is 2.39. The van der Waals surface area contributed by atoms with Crippen molar-refractivity contribution in [1.29, 1.82) is 0 Å². The maximum atomic E-state index is 11.4. The largest absolute Gasteiger partial charge is 0.494 e. The third-order valence-electron chi connectivity index (χ3n) is 3.62. The average molecular weight is 329 g/mol. The number of hydrogen-bond donors (Lipinski definition) is 2. The van der Waals surface area contributed by atoms with Crippen LogP contribution in [0.4, 0.5) is 0 Å². The van der Waals surface area contributed by atoms with Crippen molar-refractivity contribution < 1.29 is 19.4 Å². The van der Waals surface area contributed by atoms with Crippen LogP contribution in [-0.4, -0.2) is 31.3 Å². The van der Waals surface area contributed by atoms with Gasteiger partial charge in [0.25, 0.3) is 0 Å². The third kappa shape index (κ3) is 5.08. The summed E-state index contributed by atoms with van der Waals surface area (Å²) in [6, 6.07) is 14.6. The minimum Gasteiger partial charge on any atom is -0.494 e. The summed E-state index contributed by atoms with van der Waals surface area (Å²) in [7, 11) is 1.36. The lowest BCUT2D eigenvalue weighted by Crippen LogP contribution is -2.21. The van der Waals surface area contributed by atoms with Crippen LogP contribution >= 0.6 is 0 Å². The molecule has 0 radical (unpaired) electrons. The number of nitrogens with one attached hydrogen (secondary N) is 1. The van der Waals surface area contributed by atoms with Crippen LogP contribution in [0, 0.1) is 0 Å². The van der Waals surface area contributed by atoms with Gasteiger partial charge in [-0.05, 0) is 42.3 Å². The summed E-state index contributed by atoms with van der Waals surface area (Å²) >= 11 is 0. The van der Waals surface area contributed by atoms with Crippen molar-refractivity contribution in [3.63, 3.8) is 0 Å². The molecule has 5 nitrogen and oxygen atoms in total. The van der Waals surface area contributed by atoms with E-state index in [0.717, 1.165) is 16.9 Å². The summed E-state index contributed by atoms with van der Waals surface area (Å²) in [5, 5.41) is 13.4. The lowest BCUT2D eigenvalue weighted by atomic mass is 10.1. The quantitative estimate of drug-likeness (QED) is 0.729. The van der Waals surface area contributed by atoms with Gasteiger partial charge in [0.1, 0.15) is 5.75 Å². The summed E-state index contributed by atoms with van der Waals surface area (Å²) in [6.45, 7) is 3.60. The van der Waals surface area contributed by atoms with Crippen LogP contribution < -0.4 is 10.1 Å². The smallest absolute Gasteiger partial charge is 0.337 e. The van der Waals surface area contributed by atoms with Gasteiger partial charge >= 0.3 is 5.97 Å². The monoisotopic (exact) mass is 329 g/mol. The van der Waals surface area contributed by atoms with Gasteiger partial charge in [-0.25, -0.2) is 4.79 Å². The van der Waals surface area contributed by atoms with E-state index in [0.29, 0.717) is 25.3 Å². The molecule has 0 bridgehead atoms. The molecule has 0 aliphatic rings. The lowest BCUT2D eigenvalue weighted by Gasteiger charge is -2.13. The summed E-state index contributed by atoms with van der Waals surface area (Å²) in [5.74, 6) is 0.451. The van der Waals surface area contributed by atoms with Gasteiger partial charge in [-0.2, -0.15) is 0 Å². The number of esters is 1. The normalized spacial score (nSPS) is 11.8. The number of carbonyl (C=O) groups is 1. The van der Waals surface area contributed by atoms with Crippen LogP contribution in [-0.2, 0) is 11.3 Å². The Balaban J connectivity index is 1.81. The number of rotatable bonds is 8. The number of hydrogen-bond acceptors (Lipinski definition) is 5. The van der Waals surface area contributed by atoms with E-state index in [4.69, 9.17) is 4.74 Å². The second-order valence-corrected chi connectivity index (χ2v) is 5.34. The van der Waals surface area contributed by atoms with Gasteiger partial charge in [0, 0.05) is 13.1 Å². The Kier molecular flexibility index (Phi) is 6.78. The average Bonchev–Trinajstić information content (AvgIpc) is 2.62. The van der Waals surface area contributed by atoms with Gasteiger partial charge in [-0.3, -0.25) is 0 Å². The molecule has 0 aliphatic carbocycles. The third-order valence-corrected chi connectivity index (χ3v) is 3.62. The first kappa shape index (κ1) is 18.0. The van der Waals surface area contributed by atoms with Crippen LogP contribution in [0.3, 0.4) is 0 Å². The standard InChI is InChI=1S/C19H23NO4/c1-3-24-17-10-8-15(9-11-17)18(21)13-20-12-14-4-6-16(7-5-14)19(22)23-2/h4-11,18,20-21H,3,12-13H2,1-2H3. The molecule has 5 heteroatoms. The van der Waals surface area contributed by atoms with Crippen molar-refractivity contribution in [2.45, 2.75) is 19.6 Å². The second kappa shape index (κ2) is 9.05. The van der Waals surface area contributed by atoms with Gasteiger partial charge in [-0.15, -0.1) is 0 Å². The zero-order valence-electron chi connectivity index (χ0n) is 14.0. The van der Waals surface area contributed by atoms with Crippen molar-refractivity contribution in [2.24, 2.45) is 0 Å². The summed E-state index contributed by atoms with van der Waals surface area (Å²) in [4.78, 5) is 11.4. The zero-order valence-corrected chi connectivity index (χ0v) is 14.0. The van der Waals surface area contributed by atoms with Crippen LogP contribution in [0.5, 0.6) is 5.75 Å². The highest BCUT2D eigenvalue weighted by Crippen LogP contribution is 2.17. The van der Waals surface area contributed by atoms with Crippen LogP contribution in [0.25, 0.3) is 0 Å². The van der Waals surface area contributed by atoms with E-state index in [1.807, 2.05) is 43.3 Å². The first-order valence-corrected chi connectivity index (χ1v) is 7.92. The molecule has 0 saturated carbocycles.